The Balaban J connectivity index is 1.35. The Kier molecular flexibility index (Phi) is 8.31. The van der Waals surface area contributed by atoms with Gasteiger partial charge >= 0.3 is 15.5 Å². The highest BCUT2D eigenvalue weighted by Gasteiger charge is 2.46. The van der Waals surface area contributed by atoms with E-state index in [9.17, 15) is 26.4 Å². The summed E-state index contributed by atoms with van der Waals surface area (Å²) in [4.78, 5) is 17.1. The van der Waals surface area contributed by atoms with Crippen LogP contribution in [-0.4, -0.2) is 25.0 Å². The molecule has 0 bridgehead atoms. The number of hydrogen-bond donors (Lipinski definition) is 2. The van der Waals surface area contributed by atoms with E-state index in [-0.39, 0.29) is 22.2 Å². The van der Waals surface area contributed by atoms with Crippen molar-refractivity contribution in [1.82, 2.24) is 5.32 Å². The molecular weight excluding hydrogens is 563 g/mol. The van der Waals surface area contributed by atoms with Crippen molar-refractivity contribution in [2.24, 2.45) is 4.99 Å². The molecule has 0 spiro atoms. The van der Waals surface area contributed by atoms with E-state index >= 15 is 0 Å². The zero-order valence-corrected chi connectivity index (χ0v) is 23.4. The Labute approximate surface area is 234 Å². The summed E-state index contributed by atoms with van der Waals surface area (Å²) in [6.07, 6.45) is 1.70. The zero-order valence-electron chi connectivity index (χ0n) is 21.7. The van der Waals surface area contributed by atoms with Crippen LogP contribution in [0.2, 0.25) is 0 Å². The number of nitrogens with one attached hydrogen (secondary N) is 2. The Morgan fingerprint density at radius 2 is 1.57 bits per heavy atom. The van der Waals surface area contributed by atoms with E-state index in [2.05, 4.69) is 55.3 Å². The van der Waals surface area contributed by atoms with E-state index in [1.54, 1.807) is 6.08 Å². The largest absolute Gasteiger partial charge is 0.516 e. The van der Waals surface area contributed by atoms with E-state index in [0.717, 1.165) is 35.0 Å². The van der Waals surface area contributed by atoms with Gasteiger partial charge in [0.25, 0.3) is 5.91 Å². The maximum Gasteiger partial charge on any atom is 0.516 e. The van der Waals surface area contributed by atoms with Crippen molar-refractivity contribution in [1.29, 1.82) is 0 Å². The standard InChI is InChI=1S/C28H26F3N3O4S2/c1-27(2,3)20-8-4-19(5-9-20)17-38-23-14-6-18(7-15-23)16-24-25(35)33-26(39-24)32-21-10-12-22(13-11-21)34-40(36,37)28(29,30)31/h4-16,34H,17H2,1-3H3,(H,32,33,35). The second kappa shape index (κ2) is 11.4. The van der Waals surface area contributed by atoms with Gasteiger partial charge in [-0.1, -0.05) is 57.2 Å². The molecule has 0 atom stereocenters. The Bertz CT molecular complexity index is 1540. The third-order valence-electron chi connectivity index (χ3n) is 5.71. The highest BCUT2D eigenvalue weighted by molar-refractivity contribution is 8.18. The lowest BCUT2D eigenvalue weighted by atomic mass is 9.87. The van der Waals surface area contributed by atoms with Crippen LogP contribution in [0.3, 0.4) is 0 Å². The molecule has 1 fully saturated rings. The monoisotopic (exact) mass is 589 g/mol. The number of aliphatic imine (C=N–C) groups is 1. The molecule has 3 aromatic carbocycles. The fraction of sp³-hybridized carbons (Fsp3) is 0.214. The number of alkyl halides is 3. The predicted molar refractivity (Wildman–Crippen MR) is 152 cm³/mol. The molecule has 4 rings (SSSR count). The first-order chi connectivity index (χ1) is 18.7. The minimum absolute atomic E-state index is 0.0870. The summed E-state index contributed by atoms with van der Waals surface area (Å²) in [5.74, 6) is 0.339. The number of benzene rings is 3. The topological polar surface area (TPSA) is 96.9 Å². The van der Waals surface area contributed by atoms with Crippen LogP contribution in [0.4, 0.5) is 24.5 Å². The molecule has 1 heterocycles. The van der Waals surface area contributed by atoms with E-state index in [1.165, 1.54) is 22.4 Å². The van der Waals surface area contributed by atoms with Crippen molar-refractivity contribution in [3.8, 4) is 5.75 Å². The van der Waals surface area contributed by atoms with Gasteiger partial charge in [-0.3, -0.25) is 9.52 Å². The third-order valence-corrected chi connectivity index (χ3v) is 7.73. The number of anilines is 1. The van der Waals surface area contributed by atoms with E-state index in [1.807, 2.05) is 24.3 Å². The maximum absolute atomic E-state index is 12.5. The normalized spacial score (nSPS) is 16.3. The van der Waals surface area contributed by atoms with Crippen LogP contribution in [0.25, 0.3) is 6.08 Å². The molecule has 1 amide bonds. The highest BCUT2D eigenvalue weighted by Crippen LogP contribution is 2.30. The Morgan fingerprint density at radius 1 is 0.950 bits per heavy atom. The molecule has 40 heavy (non-hydrogen) atoms. The molecular formula is C28H26F3N3O4S2. The minimum atomic E-state index is -5.52. The molecule has 2 N–H and O–H groups in total. The summed E-state index contributed by atoms with van der Waals surface area (Å²) in [6, 6.07) is 20.5. The number of thioether (sulfide) groups is 1. The first-order valence-corrected chi connectivity index (χ1v) is 14.3. The SMILES string of the molecule is CC(C)(C)c1ccc(COc2ccc(C=C3SC(=Nc4ccc(NS(=O)(=O)C(F)(F)F)cc4)NC3=O)cc2)cc1. The Morgan fingerprint density at radius 3 is 2.15 bits per heavy atom. The van der Waals surface area contributed by atoms with Crippen LogP contribution < -0.4 is 14.8 Å². The van der Waals surface area contributed by atoms with Crippen molar-refractivity contribution in [2.75, 3.05) is 4.72 Å². The average molecular weight is 590 g/mol. The first kappa shape index (κ1) is 29.2. The third kappa shape index (κ3) is 7.45. The smallest absolute Gasteiger partial charge is 0.489 e. The van der Waals surface area contributed by atoms with Crippen molar-refractivity contribution in [2.45, 2.75) is 38.3 Å². The molecule has 0 unspecified atom stereocenters. The van der Waals surface area contributed by atoms with Gasteiger partial charge in [0.2, 0.25) is 0 Å². The molecule has 7 nitrogen and oxygen atoms in total. The molecule has 3 aromatic rings. The van der Waals surface area contributed by atoms with Crippen molar-refractivity contribution in [3.63, 3.8) is 0 Å². The van der Waals surface area contributed by atoms with Gasteiger partial charge in [0.1, 0.15) is 12.4 Å². The summed E-state index contributed by atoms with van der Waals surface area (Å²) in [6.45, 7) is 6.92. The molecule has 1 saturated heterocycles. The lowest BCUT2D eigenvalue weighted by molar-refractivity contribution is -0.115. The molecule has 210 valence electrons. The molecule has 0 radical (unpaired) electrons. The molecule has 12 heteroatoms. The zero-order chi connectivity index (χ0) is 29.1. The Hall–Kier alpha value is -3.77. The van der Waals surface area contributed by atoms with Gasteiger partial charge in [-0.05, 0) is 76.3 Å². The second-order valence-corrected chi connectivity index (χ2v) is 12.6. The molecule has 0 aliphatic carbocycles. The van der Waals surface area contributed by atoms with Gasteiger partial charge in [-0.2, -0.15) is 21.6 Å². The van der Waals surface area contributed by atoms with Crippen molar-refractivity contribution < 1.29 is 31.1 Å². The fourth-order valence-electron chi connectivity index (χ4n) is 3.49. The van der Waals surface area contributed by atoms with Gasteiger partial charge in [0, 0.05) is 5.69 Å². The summed E-state index contributed by atoms with van der Waals surface area (Å²) in [5, 5.41) is 2.90. The van der Waals surface area contributed by atoms with E-state index < -0.39 is 15.5 Å². The van der Waals surface area contributed by atoms with Gasteiger partial charge in [-0.15, -0.1) is 0 Å². The predicted octanol–water partition coefficient (Wildman–Crippen LogP) is 6.72. The summed E-state index contributed by atoms with van der Waals surface area (Å²) in [7, 11) is -5.52. The summed E-state index contributed by atoms with van der Waals surface area (Å²) < 4.78 is 67.4. The number of halogens is 3. The van der Waals surface area contributed by atoms with Gasteiger partial charge < -0.3 is 10.1 Å². The van der Waals surface area contributed by atoms with Gasteiger partial charge in [0.15, 0.2) is 5.17 Å². The number of sulfonamides is 1. The van der Waals surface area contributed by atoms with Crippen LogP contribution >= 0.6 is 11.8 Å². The van der Waals surface area contributed by atoms with Crippen LogP contribution in [0.15, 0.2) is 82.7 Å². The second-order valence-electron chi connectivity index (χ2n) is 9.88. The number of ether oxygens (including phenoxy) is 1. The van der Waals surface area contributed by atoms with E-state index in [4.69, 9.17) is 4.74 Å². The summed E-state index contributed by atoms with van der Waals surface area (Å²) >= 11 is 1.10. The molecule has 1 aliphatic rings. The van der Waals surface area contributed by atoms with Crippen LogP contribution in [0, 0.1) is 0 Å². The first-order valence-electron chi connectivity index (χ1n) is 12.0. The molecule has 1 aliphatic heterocycles. The number of rotatable bonds is 7. The number of carbonyl (C=O) groups is 1. The molecule has 0 saturated carbocycles. The van der Waals surface area contributed by atoms with Gasteiger partial charge in [-0.25, -0.2) is 4.99 Å². The number of nitrogens with zero attached hydrogens (tertiary/aromatic N) is 1. The van der Waals surface area contributed by atoms with Crippen molar-refractivity contribution >= 4 is 50.3 Å². The maximum atomic E-state index is 12.5. The van der Waals surface area contributed by atoms with Crippen molar-refractivity contribution in [3.05, 3.63) is 94.4 Å². The number of amidine groups is 1. The number of hydrogen-bond acceptors (Lipinski definition) is 6. The number of amides is 1. The lowest BCUT2D eigenvalue weighted by Crippen LogP contribution is -2.29. The highest BCUT2D eigenvalue weighted by atomic mass is 32.2. The average Bonchev–Trinajstić information content (AvgIpc) is 3.22. The fourth-order valence-corrected chi connectivity index (χ4v) is 4.90. The van der Waals surface area contributed by atoms with Crippen LogP contribution in [0.5, 0.6) is 5.75 Å². The molecule has 0 aromatic heterocycles. The minimum Gasteiger partial charge on any atom is -0.489 e. The van der Waals surface area contributed by atoms with Crippen LogP contribution in [0.1, 0.15) is 37.5 Å². The van der Waals surface area contributed by atoms with E-state index in [0.29, 0.717) is 22.9 Å². The van der Waals surface area contributed by atoms with Gasteiger partial charge in [0.05, 0.1) is 10.6 Å². The number of carbonyl (C=O) groups excluding carboxylic acids is 1. The lowest BCUT2D eigenvalue weighted by Gasteiger charge is -2.19. The quantitative estimate of drug-likeness (QED) is 0.299. The summed E-state index contributed by atoms with van der Waals surface area (Å²) in [5.41, 5.74) is -2.20. The van der Waals surface area contributed by atoms with Crippen LogP contribution in [-0.2, 0) is 26.8 Å².